The molecule has 4 rings (SSSR count). The fourth-order valence-corrected chi connectivity index (χ4v) is 3.48. The number of nitrogens with zero attached hydrogens (tertiary/aromatic N) is 1. The Kier molecular flexibility index (Phi) is 5.16. The minimum absolute atomic E-state index is 0.146. The Balaban J connectivity index is 1.35. The summed E-state index contributed by atoms with van der Waals surface area (Å²) in [6.45, 7) is 4.54. The van der Waals surface area contributed by atoms with Crippen molar-refractivity contribution in [2.75, 3.05) is 6.79 Å². The Labute approximate surface area is 167 Å². The first kappa shape index (κ1) is 18.3. The highest BCUT2D eigenvalue weighted by molar-refractivity contribution is 7.09. The summed E-state index contributed by atoms with van der Waals surface area (Å²) in [4.78, 5) is 16.9. The molecular weight excluding hydrogens is 376 g/mol. The highest BCUT2D eigenvalue weighted by Crippen LogP contribution is 2.34. The zero-order valence-electron chi connectivity index (χ0n) is 15.6. The predicted molar refractivity (Wildman–Crippen MR) is 106 cm³/mol. The lowest BCUT2D eigenvalue weighted by molar-refractivity contribution is 0.0939. The largest absolute Gasteiger partial charge is 0.487 e. The van der Waals surface area contributed by atoms with E-state index in [0.29, 0.717) is 23.7 Å². The molecule has 0 spiro atoms. The number of fused-ring (bicyclic) bond motifs is 1. The first-order chi connectivity index (χ1) is 13.6. The third kappa shape index (κ3) is 4.09. The van der Waals surface area contributed by atoms with Gasteiger partial charge in [-0.05, 0) is 55.8 Å². The van der Waals surface area contributed by atoms with Gasteiger partial charge in [0.1, 0.15) is 12.4 Å². The van der Waals surface area contributed by atoms with Crippen molar-refractivity contribution in [1.82, 2.24) is 10.3 Å². The van der Waals surface area contributed by atoms with Crippen LogP contribution in [0.3, 0.4) is 0 Å². The van der Waals surface area contributed by atoms with Gasteiger partial charge in [0.15, 0.2) is 11.5 Å². The van der Waals surface area contributed by atoms with E-state index in [-0.39, 0.29) is 18.7 Å². The van der Waals surface area contributed by atoms with Crippen molar-refractivity contribution in [3.63, 3.8) is 0 Å². The van der Waals surface area contributed by atoms with Gasteiger partial charge in [-0.15, -0.1) is 11.3 Å². The SMILES string of the molecule is Cc1nc(COc2ccc(C(=O)N[C@H](C)c3ccc4c(c3)OCO4)cc2)cs1. The van der Waals surface area contributed by atoms with Crippen LogP contribution >= 0.6 is 11.3 Å². The highest BCUT2D eigenvalue weighted by atomic mass is 32.1. The van der Waals surface area contributed by atoms with E-state index in [0.717, 1.165) is 22.0 Å². The first-order valence-electron chi connectivity index (χ1n) is 8.93. The fourth-order valence-electron chi connectivity index (χ4n) is 2.88. The molecule has 6 nitrogen and oxygen atoms in total. The van der Waals surface area contributed by atoms with E-state index >= 15 is 0 Å². The Morgan fingerprint density at radius 3 is 2.75 bits per heavy atom. The number of aromatic nitrogens is 1. The van der Waals surface area contributed by atoms with E-state index in [2.05, 4.69) is 10.3 Å². The number of aryl methyl sites for hydroxylation is 1. The van der Waals surface area contributed by atoms with E-state index in [4.69, 9.17) is 14.2 Å². The molecule has 28 heavy (non-hydrogen) atoms. The van der Waals surface area contributed by atoms with Crippen LogP contribution in [0.25, 0.3) is 0 Å². The number of amides is 1. The third-order valence-corrected chi connectivity index (χ3v) is 5.24. The van der Waals surface area contributed by atoms with E-state index < -0.39 is 0 Å². The van der Waals surface area contributed by atoms with Gasteiger partial charge in [-0.2, -0.15) is 0 Å². The molecule has 2 aromatic carbocycles. The molecule has 0 bridgehead atoms. The predicted octanol–water partition coefficient (Wildman–Crippen LogP) is 4.25. The van der Waals surface area contributed by atoms with Crippen LogP contribution in [0.5, 0.6) is 17.2 Å². The number of thiazole rings is 1. The molecule has 2 heterocycles. The summed E-state index contributed by atoms with van der Waals surface area (Å²) < 4.78 is 16.4. The summed E-state index contributed by atoms with van der Waals surface area (Å²) in [5.41, 5.74) is 2.43. The zero-order valence-corrected chi connectivity index (χ0v) is 16.4. The Bertz CT molecular complexity index is 984. The summed E-state index contributed by atoms with van der Waals surface area (Å²) in [6.07, 6.45) is 0. The number of nitrogens with one attached hydrogen (secondary N) is 1. The van der Waals surface area contributed by atoms with Crippen molar-refractivity contribution < 1.29 is 19.0 Å². The number of carbonyl (C=O) groups is 1. The van der Waals surface area contributed by atoms with Crippen LogP contribution in [0, 0.1) is 6.92 Å². The molecule has 144 valence electrons. The number of benzene rings is 2. The van der Waals surface area contributed by atoms with Crippen LogP contribution in [-0.4, -0.2) is 17.7 Å². The fraction of sp³-hybridized carbons (Fsp3) is 0.238. The van der Waals surface area contributed by atoms with Crippen LogP contribution in [0.2, 0.25) is 0 Å². The second-order valence-corrected chi connectivity index (χ2v) is 7.54. The summed E-state index contributed by atoms with van der Waals surface area (Å²) >= 11 is 1.60. The highest BCUT2D eigenvalue weighted by Gasteiger charge is 2.17. The molecule has 1 N–H and O–H groups in total. The van der Waals surface area contributed by atoms with Gasteiger partial charge in [-0.25, -0.2) is 4.98 Å². The molecule has 1 atom stereocenters. The maximum absolute atomic E-state index is 12.5. The number of ether oxygens (including phenoxy) is 3. The summed E-state index contributed by atoms with van der Waals surface area (Å²) in [5.74, 6) is 1.99. The van der Waals surface area contributed by atoms with E-state index in [9.17, 15) is 4.79 Å². The van der Waals surface area contributed by atoms with Gasteiger partial charge in [-0.1, -0.05) is 6.07 Å². The monoisotopic (exact) mass is 396 g/mol. The maximum Gasteiger partial charge on any atom is 0.251 e. The average molecular weight is 396 g/mol. The van der Waals surface area contributed by atoms with Crippen LogP contribution in [0.4, 0.5) is 0 Å². The molecule has 1 aromatic heterocycles. The molecule has 1 aliphatic rings. The lowest BCUT2D eigenvalue weighted by Crippen LogP contribution is -2.26. The standard InChI is InChI=1S/C21H20N2O4S/c1-13(16-5-8-19-20(9-16)27-12-26-19)22-21(24)15-3-6-18(7-4-15)25-10-17-11-28-14(2)23-17/h3-9,11,13H,10,12H2,1-2H3,(H,22,24)/t13-/m1/s1. The third-order valence-electron chi connectivity index (χ3n) is 4.41. The second kappa shape index (κ2) is 7.90. The molecule has 0 unspecified atom stereocenters. The van der Waals surface area contributed by atoms with E-state index in [1.54, 1.807) is 35.6 Å². The Morgan fingerprint density at radius 1 is 1.21 bits per heavy atom. The molecule has 0 fully saturated rings. The smallest absolute Gasteiger partial charge is 0.251 e. The van der Waals surface area contributed by atoms with Gasteiger partial charge in [0.25, 0.3) is 5.91 Å². The Morgan fingerprint density at radius 2 is 2.00 bits per heavy atom. The molecule has 3 aromatic rings. The molecule has 0 saturated heterocycles. The lowest BCUT2D eigenvalue weighted by atomic mass is 10.1. The minimum atomic E-state index is -0.161. The number of carbonyl (C=O) groups excluding carboxylic acids is 1. The molecule has 0 saturated carbocycles. The van der Waals surface area contributed by atoms with Gasteiger partial charge >= 0.3 is 0 Å². The van der Waals surface area contributed by atoms with Crippen molar-refractivity contribution in [3.8, 4) is 17.2 Å². The van der Waals surface area contributed by atoms with Gasteiger partial charge in [-0.3, -0.25) is 4.79 Å². The summed E-state index contributed by atoms with van der Waals surface area (Å²) in [7, 11) is 0. The minimum Gasteiger partial charge on any atom is -0.487 e. The van der Waals surface area contributed by atoms with Crippen molar-refractivity contribution in [2.24, 2.45) is 0 Å². The molecule has 7 heteroatoms. The average Bonchev–Trinajstić information content (AvgIpc) is 3.34. The van der Waals surface area contributed by atoms with Crippen LogP contribution in [-0.2, 0) is 6.61 Å². The Hall–Kier alpha value is -3.06. The van der Waals surface area contributed by atoms with Gasteiger partial charge < -0.3 is 19.5 Å². The number of hydrogen-bond acceptors (Lipinski definition) is 6. The second-order valence-electron chi connectivity index (χ2n) is 6.48. The van der Waals surface area contributed by atoms with E-state index in [1.807, 2.05) is 37.4 Å². The zero-order chi connectivity index (χ0) is 19.5. The molecule has 0 radical (unpaired) electrons. The van der Waals surface area contributed by atoms with Crippen LogP contribution in [0.1, 0.15) is 39.6 Å². The topological polar surface area (TPSA) is 69.7 Å². The molecule has 1 amide bonds. The van der Waals surface area contributed by atoms with Crippen molar-refractivity contribution >= 4 is 17.2 Å². The quantitative estimate of drug-likeness (QED) is 0.675. The lowest BCUT2D eigenvalue weighted by Gasteiger charge is -2.15. The van der Waals surface area contributed by atoms with Crippen molar-refractivity contribution in [1.29, 1.82) is 0 Å². The molecule has 1 aliphatic heterocycles. The number of hydrogen-bond donors (Lipinski definition) is 1. The van der Waals surface area contributed by atoms with Crippen molar-refractivity contribution in [3.05, 3.63) is 69.7 Å². The van der Waals surface area contributed by atoms with Crippen LogP contribution in [0.15, 0.2) is 47.8 Å². The normalized spacial score (nSPS) is 13.2. The summed E-state index contributed by atoms with van der Waals surface area (Å²) in [5, 5.41) is 6.00. The summed E-state index contributed by atoms with van der Waals surface area (Å²) in [6, 6.07) is 12.6. The number of rotatable bonds is 6. The molecule has 0 aliphatic carbocycles. The molecular formula is C21H20N2O4S. The van der Waals surface area contributed by atoms with E-state index in [1.165, 1.54) is 0 Å². The first-order valence-corrected chi connectivity index (χ1v) is 9.81. The van der Waals surface area contributed by atoms with Crippen molar-refractivity contribution in [2.45, 2.75) is 26.5 Å². The maximum atomic E-state index is 12.5. The van der Waals surface area contributed by atoms with Crippen LogP contribution < -0.4 is 19.5 Å². The van der Waals surface area contributed by atoms with Gasteiger partial charge in [0, 0.05) is 10.9 Å². The van der Waals surface area contributed by atoms with Gasteiger partial charge in [0.2, 0.25) is 6.79 Å². The van der Waals surface area contributed by atoms with Gasteiger partial charge in [0.05, 0.1) is 16.7 Å².